The van der Waals surface area contributed by atoms with Crippen molar-refractivity contribution in [1.29, 1.82) is 0 Å². The zero-order valence-corrected chi connectivity index (χ0v) is 11.6. The fraction of sp³-hybridized carbons (Fsp3) is 0.0714. The molecule has 0 atom stereocenters. The van der Waals surface area contributed by atoms with E-state index in [1.807, 2.05) is 0 Å². The SMILES string of the molecule is COc1ncc(Nc2nc(F)ccc2C(N)=O)c2cc[nH]c12. The van der Waals surface area contributed by atoms with Crippen LogP contribution in [0.25, 0.3) is 10.9 Å². The maximum absolute atomic E-state index is 13.3. The Kier molecular flexibility index (Phi) is 3.34. The molecule has 3 rings (SSSR count). The van der Waals surface area contributed by atoms with Gasteiger partial charge < -0.3 is 20.8 Å². The van der Waals surface area contributed by atoms with Crippen LogP contribution in [-0.4, -0.2) is 28.0 Å². The van der Waals surface area contributed by atoms with Crippen molar-refractivity contribution in [3.63, 3.8) is 0 Å². The second-order valence-corrected chi connectivity index (χ2v) is 4.47. The summed E-state index contributed by atoms with van der Waals surface area (Å²) in [7, 11) is 1.51. The summed E-state index contributed by atoms with van der Waals surface area (Å²) in [6.45, 7) is 0. The number of hydrogen-bond acceptors (Lipinski definition) is 5. The summed E-state index contributed by atoms with van der Waals surface area (Å²) in [4.78, 5) is 22.2. The summed E-state index contributed by atoms with van der Waals surface area (Å²) in [5, 5.41) is 3.64. The van der Waals surface area contributed by atoms with Gasteiger partial charge in [-0.3, -0.25) is 4.79 Å². The lowest BCUT2D eigenvalue weighted by Gasteiger charge is -2.11. The average Bonchev–Trinajstić information content (AvgIpc) is 2.97. The molecule has 0 radical (unpaired) electrons. The molecule has 112 valence electrons. The van der Waals surface area contributed by atoms with Crippen LogP contribution in [0.1, 0.15) is 10.4 Å². The molecule has 0 saturated carbocycles. The lowest BCUT2D eigenvalue weighted by Crippen LogP contribution is -2.14. The molecule has 0 unspecified atom stereocenters. The van der Waals surface area contributed by atoms with Crippen molar-refractivity contribution < 1.29 is 13.9 Å². The van der Waals surface area contributed by atoms with Crippen molar-refractivity contribution >= 4 is 28.3 Å². The molecule has 0 aliphatic rings. The van der Waals surface area contributed by atoms with Gasteiger partial charge in [0, 0.05) is 11.6 Å². The van der Waals surface area contributed by atoms with Crippen molar-refractivity contribution in [3.05, 3.63) is 42.1 Å². The topological polar surface area (TPSA) is 106 Å². The number of nitrogens with one attached hydrogen (secondary N) is 2. The predicted octanol–water partition coefficient (Wildman–Crippen LogP) is 1.95. The third-order valence-corrected chi connectivity index (χ3v) is 3.14. The number of primary amides is 1. The van der Waals surface area contributed by atoms with E-state index in [1.165, 1.54) is 19.4 Å². The first-order valence-electron chi connectivity index (χ1n) is 6.33. The summed E-state index contributed by atoms with van der Waals surface area (Å²) in [5.41, 5.74) is 6.57. The Balaban J connectivity index is 2.09. The molecular weight excluding hydrogens is 289 g/mol. The molecule has 22 heavy (non-hydrogen) atoms. The van der Waals surface area contributed by atoms with Crippen molar-refractivity contribution in [2.24, 2.45) is 5.73 Å². The smallest absolute Gasteiger partial charge is 0.252 e. The van der Waals surface area contributed by atoms with Crippen LogP contribution < -0.4 is 15.8 Å². The van der Waals surface area contributed by atoms with E-state index in [9.17, 15) is 9.18 Å². The minimum absolute atomic E-state index is 0.0296. The molecule has 0 aliphatic carbocycles. The number of ether oxygens (including phenoxy) is 1. The number of pyridine rings is 2. The first-order chi connectivity index (χ1) is 10.6. The Hall–Kier alpha value is -3.16. The molecular formula is C14H12FN5O2. The Morgan fingerprint density at radius 1 is 1.41 bits per heavy atom. The Morgan fingerprint density at radius 3 is 2.95 bits per heavy atom. The van der Waals surface area contributed by atoms with E-state index in [2.05, 4.69) is 20.3 Å². The minimum Gasteiger partial charge on any atom is -0.479 e. The summed E-state index contributed by atoms with van der Waals surface area (Å²) in [6, 6.07) is 4.15. The minimum atomic E-state index is -0.723. The molecule has 0 aliphatic heterocycles. The number of nitrogens with zero attached hydrogens (tertiary/aromatic N) is 2. The molecule has 7 nitrogen and oxygen atoms in total. The standard InChI is InChI=1S/C14H12FN5O2/c1-22-14-11-7(4-5-17-11)9(6-18-14)19-13-8(12(16)21)2-3-10(15)20-13/h2-6,17H,1H3,(H2,16,21)(H,19,20). The number of anilines is 2. The van der Waals surface area contributed by atoms with Crippen molar-refractivity contribution in [2.45, 2.75) is 0 Å². The van der Waals surface area contributed by atoms with Crippen LogP contribution in [-0.2, 0) is 0 Å². The number of hydrogen-bond donors (Lipinski definition) is 3. The van der Waals surface area contributed by atoms with Gasteiger partial charge >= 0.3 is 0 Å². The van der Waals surface area contributed by atoms with Crippen molar-refractivity contribution in [3.8, 4) is 5.88 Å². The van der Waals surface area contributed by atoms with Gasteiger partial charge in [0.1, 0.15) is 11.3 Å². The van der Waals surface area contributed by atoms with E-state index in [0.29, 0.717) is 17.1 Å². The number of aromatic amines is 1. The highest BCUT2D eigenvalue weighted by Crippen LogP contribution is 2.30. The van der Waals surface area contributed by atoms with Crippen LogP contribution in [0.2, 0.25) is 0 Å². The van der Waals surface area contributed by atoms with Gasteiger partial charge in [0.25, 0.3) is 5.91 Å². The number of carbonyl (C=O) groups excluding carboxylic acids is 1. The van der Waals surface area contributed by atoms with Gasteiger partial charge in [-0.25, -0.2) is 9.97 Å². The van der Waals surface area contributed by atoms with E-state index in [1.54, 1.807) is 12.3 Å². The van der Waals surface area contributed by atoms with Gasteiger partial charge in [-0.05, 0) is 18.2 Å². The molecule has 0 saturated heterocycles. The predicted molar refractivity (Wildman–Crippen MR) is 78.6 cm³/mol. The second kappa shape index (κ2) is 5.32. The number of H-pyrrole nitrogens is 1. The number of rotatable bonds is 4. The number of carbonyl (C=O) groups is 1. The number of amides is 1. The highest BCUT2D eigenvalue weighted by atomic mass is 19.1. The van der Waals surface area contributed by atoms with Crippen molar-refractivity contribution in [2.75, 3.05) is 12.4 Å². The van der Waals surface area contributed by atoms with Crippen molar-refractivity contribution in [1.82, 2.24) is 15.0 Å². The van der Waals surface area contributed by atoms with Gasteiger partial charge in [-0.15, -0.1) is 0 Å². The molecule has 0 spiro atoms. The third-order valence-electron chi connectivity index (χ3n) is 3.14. The zero-order valence-electron chi connectivity index (χ0n) is 11.6. The van der Waals surface area contributed by atoms with E-state index >= 15 is 0 Å². The Bertz CT molecular complexity index is 862. The maximum Gasteiger partial charge on any atom is 0.252 e. The number of methoxy groups -OCH3 is 1. The average molecular weight is 301 g/mol. The normalized spacial score (nSPS) is 10.6. The fourth-order valence-corrected chi connectivity index (χ4v) is 2.14. The quantitative estimate of drug-likeness (QED) is 0.639. The molecule has 8 heteroatoms. The van der Waals surface area contributed by atoms with E-state index < -0.39 is 11.9 Å². The molecule has 4 N–H and O–H groups in total. The maximum atomic E-state index is 13.3. The molecule has 0 bridgehead atoms. The van der Waals surface area contributed by atoms with Gasteiger partial charge in [0.15, 0.2) is 0 Å². The Morgan fingerprint density at radius 2 is 2.23 bits per heavy atom. The largest absolute Gasteiger partial charge is 0.479 e. The lowest BCUT2D eigenvalue weighted by molar-refractivity contribution is 0.100. The van der Waals surface area contributed by atoms with Gasteiger partial charge in [-0.2, -0.15) is 4.39 Å². The van der Waals surface area contributed by atoms with E-state index in [0.717, 1.165) is 11.5 Å². The first-order valence-corrected chi connectivity index (χ1v) is 6.33. The number of halogens is 1. The molecule has 1 amide bonds. The lowest BCUT2D eigenvalue weighted by atomic mass is 10.2. The molecule has 3 aromatic rings. The summed E-state index contributed by atoms with van der Waals surface area (Å²) in [6.07, 6.45) is 3.22. The van der Waals surface area contributed by atoms with Gasteiger partial charge in [0.2, 0.25) is 11.8 Å². The highest BCUT2D eigenvalue weighted by molar-refractivity contribution is 6.00. The number of aromatic nitrogens is 3. The second-order valence-electron chi connectivity index (χ2n) is 4.47. The van der Waals surface area contributed by atoms with Crippen LogP contribution in [0.15, 0.2) is 30.6 Å². The highest BCUT2D eigenvalue weighted by Gasteiger charge is 2.14. The van der Waals surface area contributed by atoms with Crippen LogP contribution >= 0.6 is 0 Å². The van der Waals surface area contributed by atoms with Crippen LogP contribution in [0, 0.1) is 5.95 Å². The Labute approximate surface area is 124 Å². The van der Waals surface area contributed by atoms with Gasteiger partial charge in [0.05, 0.1) is 24.6 Å². The molecule has 0 aromatic carbocycles. The molecule has 3 heterocycles. The molecule has 0 fully saturated rings. The van der Waals surface area contributed by atoms with Gasteiger partial charge in [-0.1, -0.05) is 0 Å². The fourth-order valence-electron chi connectivity index (χ4n) is 2.14. The zero-order chi connectivity index (χ0) is 15.7. The number of fused-ring (bicyclic) bond motifs is 1. The van der Waals surface area contributed by atoms with E-state index in [-0.39, 0.29) is 11.4 Å². The molecule has 3 aromatic heterocycles. The van der Waals surface area contributed by atoms with Crippen LogP contribution in [0.4, 0.5) is 15.9 Å². The van der Waals surface area contributed by atoms with Crippen LogP contribution in [0.5, 0.6) is 5.88 Å². The first kappa shape index (κ1) is 13.8. The summed E-state index contributed by atoms with van der Waals surface area (Å²) in [5.74, 6) is -0.976. The summed E-state index contributed by atoms with van der Waals surface area (Å²) < 4.78 is 18.5. The monoisotopic (exact) mass is 301 g/mol. The van der Waals surface area contributed by atoms with Crippen LogP contribution in [0.3, 0.4) is 0 Å². The third kappa shape index (κ3) is 2.30. The number of nitrogens with two attached hydrogens (primary N) is 1. The summed E-state index contributed by atoms with van der Waals surface area (Å²) >= 11 is 0. The van der Waals surface area contributed by atoms with E-state index in [4.69, 9.17) is 10.5 Å².